The summed E-state index contributed by atoms with van der Waals surface area (Å²) in [4.78, 5) is 0. The molecule has 72 valence electrons. The Labute approximate surface area is 85.1 Å². The molecule has 2 heteroatoms. The van der Waals surface area contributed by atoms with E-state index in [1.54, 1.807) is 0 Å². The van der Waals surface area contributed by atoms with Crippen LogP contribution in [0.5, 0.6) is 0 Å². The standard InChI is InChI=1S/C11H16ClN/c1-11(2,3)13-8-9-4-6-10(12)7-5-9/h4-7,13H,8H2,1-3H3/p+1. The highest BCUT2D eigenvalue weighted by atomic mass is 35.5. The fourth-order valence-corrected chi connectivity index (χ4v) is 1.17. The maximum Gasteiger partial charge on any atom is 0.102 e. The van der Waals surface area contributed by atoms with E-state index in [2.05, 4.69) is 38.2 Å². The normalized spacial score (nSPS) is 11.7. The molecule has 0 spiro atoms. The van der Waals surface area contributed by atoms with Crippen LogP contribution in [0.4, 0.5) is 0 Å². The highest BCUT2D eigenvalue weighted by Crippen LogP contribution is 2.08. The Hall–Kier alpha value is -0.530. The summed E-state index contributed by atoms with van der Waals surface area (Å²) in [5.74, 6) is 0. The molecular formula is C11H17ClN+. The van der Waals surface area contributed by atoms with E-state index in [0.717, 1.165) is 11.6 Å². The van der Waals surface area contributed by atoms with Crippen LogP contribution in [-0.4, -0.2) is 5.54 Å². The number of hydrogen-bond donors (Lipinski definition) is 1. The van der Waals surface area contributed by atoms with Crippen molar-refractivity contribution in [1.29, 1.82) is 0 Å². The van der Waals surface area contributed by atoms with Gasteiger partial charge in [-0.2, -0.15) is 0 Å². The SMILES string of the molecule is CC(C)(C)[NH2+]Cc1ccc(Cl)cc1. The third-order valence-corrected chi connectivity index (χ3v) is 2.12. The lowest BCUT2D eigenvalue weighted by molar-refractivity contribution is -0.731. The smallest absolute Gasteiger partial charge is 0.102 e. The number of halogens is 1. The van der Waals surface area contributed by atoms with Crippen molar-refractivity contribution in [3.05, 3.63) is 34.9 Å². The van der Waals surface area contributed by atoms with E-state index in [-0.39, 0.29) is 0 Å². The van der Waals surface area contributed by atoms with Crippen molar-refractivity contribution >= 4 is 11.6 Å². The molecule has 0 aromatic heterocycles. The van der Waals surface area contributed by atoms with E-state index in [1.165, 1.54) is 5.56 Å². The van der Waals surface area contributed by atoms with Gasteiger partial charge in [0.1, 0.15) is 6.54 Å². The van der Waals surface area contributed by atoms with Crippen molar-refractivity contribution in [3.8, 4) is 0 Å². The van der Waals surface area contributed by atoms with Gasteiger partial charge in [-0.25, -0.2) is 0 Å². The Balaban J connectivity index is 2.51. The first kappa shape index (κ1) is 10.6. The van der Waals surface area contributed by atoms with Gasteiger partial charge in [-0.1, -0.05) is 23.7 Å². The van der Waals surface area contributed by atoms with Gasteiger partial charge < -0.3 is 5.32 Å². The first-order valence-corrected chi connectivity index (χ1v) is 4.94. The van der Waals surface area contributed by atoms with Crippen LogP contribution < -0.4 is 5.32 Å². The Morgan fingerprint density at radius 3 is 2.15 bits per heavy atom. The molecule has 1 aromatic carbocycles. The van der Waals surface area contributed by atoms with Crippen LogP contribution in [0.2, 0.25) is 5.02 Å². The van der Waals surface area contributed by atoms with Crippen LogP contribution in [-0.2, 0) is 6.54 Å². The Bertz CT molecular complexity index is 258. The topological polar surface area (TPSA) is 16.6 Å². The second-order valence-electron chi connectivity index (χ2n) is 4.40. The number of hydrogen-bond acceptors (Lipinski definition) is 0. The maximum absolute atomic E-state index is 5.79. The molecule has 0 aliphatic rings. The second kappa shape index (κ2) is 4.12. The van der Waals surface area contributed by atoms with Gasteiger partial charge in [0.15, 0.2) is 0 Å². The summed E-state index contributed by atoms with van der Waals surface area (Å²) >= 11 is 5.79. The predicted molar refractivity (Wildman–Crippen MR) is 56.8 cm³/mol. The summed E-state index contributed by atoms with van der Waals surface area (Å²) in [5, 5.41) is 3.12. The number of rotatable bonds is 2. The number of benzene rings is 1. The molecular weight excluding hydrogens is 182 g/mol. The molecule has 2 N–H and O–H groups in total. The van der Waals surface area contributed by atoms with E-state index in [9.17, 15) is 0 Å². The van der Waals surface area contributed by atoms with Crippen LogP contribution >= 0.6 is 11.6 Å². The Morgan fingerprint density at radius 2 is 1.69 bits per heavy atom. The minimum Gasteiger partial charge on any atom is -0.338 e. The molecule has 1 nitrogen and oxygen atoms in total. The van der Waals surface area contributed by atoms with Gasteiger partial charge in [0, 0.05) is 10.6 Å². The molecule has 0 bridgehead atoms. The summed E-state index contributed by atoms with van der Waals surface area (Å²) in [7, 11) is 0. The molecule has 1 rings (SSSR count). The zero-order valence-electron chi connectivity index (χ0n) is 8.47. The van der Waals surface area contributed by atoms with Crippen molar-refractivity contribution in [2.75, 3.05) is 0 Å². The Kier molecular flexibility index (Phi) is 3.34. The van der Waals surface area contributed by atoms with Gasteiger partial charge >= 0.3 is 0 Å². The highest BCUT2D eigenvalue weighted by molar-refractivity contribution is 6.30. The van der Waals surface area contributed by atoms with Crippen molar-refractivity contribution < 1.29 is 5.32 Å². The highest BCUT2D eigenvalue weighted by Gasteiger charge is 2.12. The molecule has 0 atom stereocenters. The van der Waals surface area contributed by atoms with Crippen LogP contribution in [0, 0.1) is 0 Å². The van der Waals surface area contributed by atoms with Gasteiger partial charge in [-0.3, -0.25) is 0 Å². The molecule has 0 saturated heterocycles. The third kappa shape index (κ3) is 4.30. The van der Waals surface area contributed by atoms with E-state index >= 15 is 0 Å². The second-order valence-corrected chi connectivity index (χ2v) is 4.84. The maximum atomic E-state index is 5.79. The summed E-state index contributed by atoms with van der Waals surface area (Å²) in [6.45, 7) is 7.65. The van der Waals surface area contributed by atoms with Gasteiger partial charge in [0.2, 0.25) is 0 Å². The quantitative estimate of drug-likeness (QED) is 0.751. The van der Waals surface area contributed by atoms with Gasteiger partial charge in [-0.15, -0.1) is 0 Å². The summed E-state index contributed by atoms with van der Waals surface area (Å²) < 4.78 is 0. The molecule has 13 heavy (non-hydrogen) atoms. The summed E-state index contributed by atoms with van der Waals surface area (Å²) in [6, 6.07) is 8.02. The largest absolute Gasteiger partial charge is 0.338 e. The monoisotopic (exact) mass is 198 g/mol. The van der Waals surface area contributed by atoms with Crippen LogP contribution in [0.25, 0.3) is 0 Å². The lowest BCUT2D eigenvalue weighted by Crippen LogP contribution is -2.92. The number of nitrogens with two attached hydrogens (primary N) is 1. The predicted octanol–water partition coefficient (Wildman–Crippen LogP) is 2.20. The van der Waals surface area contributed by atoms with Crippen molar-refractivity contribution in [3.63, 3.8) is 0 Å². The summed E-state index contributed by atoms with van der Waals surface area (Å²) in [6.07, 6.45) is 0. The molecule has 0 aliphatic carbocycles. The van der Waals surface area contributed by atoms with Crippen molar-refractivity contribution in [2.45, 2.75) is 32.9 Å². The fraction of sp³-hybridized carbons (Fsp3) is 0.455. The molecule has 0 aliphatic heterocycles. The molecule has 0 heterocycles. The third-order valence-electron chi connectivity index (χ3n) is 1.86. The molecule has 0 unspecified atom stereocenters. The average molecular weight is 199 g/mol. The van der Waals surface area contributed by atoms with Crippen molar-refractivity contribution in [2.24, 2.45) is 0 Å². The summed E-state index contributed by atoms with van der Waals surface area (Å²) in [5.41, 5.74) is 1.61. The van der Waals surface area contributed by atoms with Crippen LogP contribution in [0.1, 0.15) is 26.3 Å². The van der Waals surface area contributed by atoms with Gasteiger partial charge in [-0.05, 0) is 32.9 Å². The van der Waals surface area contributed by atoms with E-state index in [4.69, 9.17) is 11.6 Å². The zero-order valence-corrected chi connectivity index (χ0v) is 9.23. The van der Waals surface area contributed by atoms with Crippen molar-refractivity contribution in [1.82, 2.24) is 0 Å². The molecule has 0 amide bonds. The lowest BCUT2D eigenvalue weighted by atomic mass is 10.1. The minimum atomic E-state index is 0.291. The lowest BCUT2D eigenvalue weighted by Gasteiger charge is -2.16. The van der Waals surface area contributed by atoms with Gasteiger partial charge in [0.05, 0.1) is 5.54 Å². The molecule has 0 fully saturated rings. The van der Waals surface area contributed by atoms with E-state index < -0.39 is 0 Å². The minimum absolute atomic E-state index is 0.291. The number of quaternary nitrogens is 1. The average Bonchev–Trinajstić information content (AvgIpc) is 2.02. The molecule has 1 aromatic rings. The first-order valence-electron chi connectivity index (χ1n) is 4.56. The van der Waals surface area contributed by atoms with E-state index in [0.29, 0.717) is 5.54 Å². The zero-order chi connectivity index (χ0) is 9.90. The molecule has 0 saturated carbocycles. The fourth-order valence-electron chi connectivity index (χ4n) is 1.04. The molecule has 0 radical (unpaired) electrons. The first-order chi connectivity index (χ1) is 5.97. The van der Waals surface area contributed by atoms with Gasteiger partial charge in [0.25, 0.3) is 0 Å². The van der Waals surface area contributed by atoms with Crippen LogP contribution in [0.3, 0.4) is 0 Å². The Morgan fingerprint density at radius 1 is 1.15 bits per heavy atom. The van der Waals surface area contributed by atoms with E-state index in [1.807, 2.05) is 12.1 Å². The van der Waals surface area contributed by atoms with Crippen LogP contribution in [0.15, 0.2) is 24.3 Å².